The topological polar surface area (TPSA) is 40.8 Å². The van der Waals surface area contributed by atoms with Crippen LogP contribution in [0.3, 0.4) is 0 Å². The summed E-state index contributed by atoms with van der Waals surface area (Å²) in [5.74, 6) is 0. The van der Waals surface area contributed by atoms with Gasteiger partial charge in [0, 0.05) is 36.2 Å². The zero-order valence-corrected chi connectivity index (χ0v) is 19.1. The molecule has 0 saturated carbocycles. The van der Waals surface area contributed by atoms with Crippen molar-refractivity contribution >= 4 is 21.9 Å². The van der Waals surface area contributed by atoms with E-state index < -0.39 is 18.6 Å². The van der Waals surface area contributed by atoms with Crippen molar-refractivity contribution in [3.8, 4) is 17.3 Å². The molecule has 0 aliphatic carbocycles. The quantitative estimate of drug-likeness (QED) is 0.338. The fourth-order valence-corrected chi connectivity index (χ4v) is 4.22. The Morgan fingerprint density at radius 3 is 2.58 bits per heavy atom. The molecule has 0 N–H and O–H groups in total. The zero-order valence-electron chi connectivity index (χ0n) is 25.1. The molecule has 0 amide bonds. The average molecular weight is 418 g/mol. The van der Waals surface area contributed by atoms with Crippen molar-refractivity contribution in [2.24, 2.45) is 12.5 Å². The molecule has 158 valence electrons. The highest BCUT2D eigenvalue weighted by Gasteiger charge is 2.27. The van der Waals surface area contributed by atoms with Crippen LogP contribution < -0.4 is 4.57 Å². The van der Waals surface area contributed by atoms with Gasteiger partial charge in [0.2, 0.25) is 5.69 Å². The SMILES string of the molecule is [2H]c1c(C([2H])([2H])C(C)(C)C)c(C([2H])([2H])[2H])c(C)[n+](C)c1-c1c(C)cc(C)c2c1oc1cccc(C#N)c12. The summed E-state index contributed by atoms with van der Waals surface area (Å²) in [6.45, 7) is 7.98. The van der Waals surface area contributed by atoms with Crippen molar-refractivity contribution in [1.29, 1.82) is 5.26 Å². The van der Waals surface area contributed by atoms with E-state index in [4.69, 9.17) is 11.3 Å². The Hall–Kier alpha value is -3.12. The van der Waals surface area contributed by atoms with Crippen molar-refractivity contribution in [3.63, 3.8) is 0 Å². The van der Waals surface area contributed by atoms with Gasteiger partial charge in [-0.2, -0.15) is 9.83 Å². The molecule has 0 saturated heterocycles. The summed E-state index contributed by atoms with van der Waals surface area (Å²) in [6, 6.07) is 9.30. The van der Waals surface area contributed by atoms with Gasteiger partial charge in [-0.05, 0) is 61.3 Å². The molecule has 2 heterocycles. The standard InChI is InChI=1S/C28H31N2O/c1-16-12-17(2)25-26-20(15-29)10-9-11-23(26)31-27(25)24(16)22-13-21(14-28(5,6)7)18(3)19(4)30(22)8/h9-13H,14H2,1-8H3/q+1/i3D3,13D,14D2. The van der Waals surface area contributed by atoms with E-state index in [1.54, 1.807) is 57.5 Å². The Labute approximate surface area is 193 Å². The molecule has 0 bridgehead atoms. The number of rotatable bonds is 2. The van der Waals surface area contributed by atoms with Gasteiger partial charge in [0.1, 0.15) is 18.2 Å². The smallest absolute Gasteiger partial charge is 0.216 e. The highest BCUT2D eigenvalue weighted by molar-refractivity contribution is 6.13. The van der Waals surface area contributed by atoms with E-state index >= 15 is 0 Å². The van der Waals surface area contributed by atoms with E-state index in [1.165, 1.54) is 0 Å². The Morgan fingerprint density at radius 2 is 1.94 bits per heavy atom. The molecule has 0 atom stereocenters. The van der Waals surface area contributed by atoms with Crippen LogP contribution in [0.4, 0.5) is 0 Å². The first kappa shape index (κ1) is 14.8. The van der Waals surface area contributed by atoms with Crippen molar-refractivity contribution < 1.29 is 17.2 Å². The molecule has 2 aromatic heterocycles. The first-order chi connectivity index (χ1) is 16.9. The number of hydrogen-bond donors (Lipinski definition) is 0. The van der Waals surface area contributed by atoms with Gasteiger partial charge < -0.3 is 4.42 Å². The Kier molecular flexibility index (Phi) is 3.46. The highest BCUT2D eigenvalue weighted by atomic mass is 16.3. The summed E-state index contributed by atoms with van der Waals surface area (Å²) in [4.78, 5) is 0. The molecule has 0 aliphatic heterocycles. The van der Waals surface area contributed by atoms with E-state index in [2.05, 4.69) is 6.07 Å². The fourth-order valence-electron chi connectivity index (χ4n) is 4.22. The highest BCUT2D eigenvalue weighted by Crippen LogP contribution is 2.41. The van der Waals surface area contributed by atoms with Gasteiger partial charge in [-0.3, -0.25) is 0 Å². The van der Waals surface area contributed by atoms with Crippen LogP contribution in [0.1, 0.15) is 62.5 Å². The minimum absolute atomic E-state index is 0.132. The number of aryl methyl sites for hydroxylation is 2. The molecule has 31 heavy (non-hydrogen) atoms. The maximum atomic E-state index is 9.76. The number of nitriles is 1. The molecule has 0 spiro atoms. The van der Waals surface area contributed by atoms with Gasteiger partial charge in [-0.25, -0.2) is 0 Å². The van der Waals surface area contributed by atoms with Crippen molar-refractivity contribution in [1.82, 2.24) is 0 Å². The first-order valence-electron chi connectivity index (χ1n) is 13.3. The number of pyridine rings is 1. The molecule has 2 aromatic carbocycles. The number of aromatic nitrogens is 1. The Bertz CT molecular complexity index is 1630. The van der Waals surface area contributed by atoms with E-state index in [-0.39, 0.29) is 17.2 Å². The molecule has 3 heteroatoms. The molecular formula is C28H31N2O+. The van der Waals surface area contributed by atoms with Gasteiger partial charge in [-0.1, -0.05) is 32.9 Å². The fraction of sp³-hybridized carbons (Fsp3) is 0.357. The summed E-state index contributed by atoms with van der Waals surface area (Å²) < 4.78 is 60.1. The normalized spacial score (nSPS) is 15.7. The summed E-state index contributed by atoms with van der Waals surface area (Å²) in [6.07, 6.45) is -2.12. The van der Waals surface area contributed by atoms with E-state index in [0.717, 1.165) is 16.5 Å². The lowest BCUT2D eigenvalue weighted by atomic mass is 9.85. The van der Waals surface area contributed by atoms with Gasteiger partial charge in [0.15, 0.2) is 5.69 Å². The maximum Gasteiger partial charge on any atom is 0.216 e. The second-order valence-electron chi connectivity index (χ2n) is 9.23. The van der Waals surface area contributed by atoms with Gasteiger partial charge in [0.05, 0.1) is 18.6 Å². The van der Waals surface area contributed by atoms with Gasteiger partial charge >= 0.3 is 0 Å². The summed E-state index contributed by atoms with van der Waals surface area (Å²) in [5.41, 5.74) is 3.27. The number of nitrogens with zero attached hydrogens (tertiary/aromatic N) is 2. The largest absolute Gasteiger partial charge is 0.455 e. The first-order valence-corrected chi connectivity index (χ1v) is 10.3. The third-order valence-corrected chi connectivity index (χ3v) is 5.72. The minimum Gasteiger partial charge on any atom is -0.455 e. The molecule has 4 rings (SSSR count). The third kappa shape index (κ3) is 3.41. The lowest BCUT2D eigenvalue weighted by Crippen LogP contribution is -2.36. The van der Waals surface area contributed by atoms with Crippen molar-refractivity contribution in [2.45, 2.75) is 54.8 Å². The molecular weight excluding hydrogens is 380 g/mol. The van der Waals surface area contributed by atoms with Crippen LogP contribution in [0, 0.1) is 44.4 Å². The van der Waals surface area contributed by atoms with Gasteiger partial charge in [0.25, 0.3) is 0 Å². The summed E-state index contributed by atoms with van der Waals surface area (Å²) in [5, 5.41) is 11.2. The van der Waals surface area contributed by atoms with Crippen LogP contribution in [-0.4, -0.2) is 0 Å². The zero-order chi connectivity index (χ0) is 27.8. The van der Waals surface area contributed by atoms with Crippen LogP contribution in [0.25, 0.3) is 33.2 Å². The number of hydrogen-bond acceptors (Lipinski definition) is 2. The van der Waals surface area contributed by atoms with E-state index in [9.17, 15) is 6.63 Å². The average Bonchev–Trinajstić information content (AvgIpc) is 3.16. The lowest BCUT2D eigenvalue weighted by Gasteiger charge is -2.21. The number of benzene rings is 2. The predicted octanol–water partition coefficient (Wildman–Crippen LogP) is 6.77. The van der Waals surface area contributed by atoms with Crippen molar-refractivity contribution in [2.75, 3.05) is 0 Å². The monoisotopic (exact) mass is 417 g/mol. The van der Waals surface area contributed by atoms with Crippen LogP contribution in [0.5, 0.6) is 0 Å². The second kappa shape index (κ2) is 7.24. The lowest BCUT2D eigenvalue weighted by molar-refractivity contribution is -0.667. The summed E-state index contributed by atoms with van der Waals surface area (Å²) in [7, 11) is 1.70. The second-order valence-corrected chi connectivity index (χ2v) is 9.23. The molecule has 0 aliphatic rings. The molecule has 0 unspecified atom stereocenters. The molecule has 4 aromatic rings. The predicted molar refractivity (Wildman–Crippen MR) is 127 cm³/mol. The van der Waals surface area contributed by atoms with E-state index in [1.807, 2.05) is 19.9 Å². The van der Waals surface area contributed by atoms with Crippen LogP contribution in [-0.2, 0) is 13.4 Å². The molecule has 3 nitrogen and oxygen atoms in total. The van der Waals surface area contributed by atoms with Crippen LogP contribution in [0.15, 0.2) is 34.7 Å². The number of fused-ring (bicyclic) bond motifs is 3. The van der Waals surface area contributed by atoms with E-state index in [0.29, 0.717) is 39.1 Å². The molecule has 0 radical (unpaired) electrons. The minimum atomic E-state index is -2.62. The summed E-state index contributed by atoms with van der Waals surface area (Å²) >= 11 is 0. The third-order valence-electron chi connectivity index (χ3n) is 5.72. The van der Waals surface area contributed by atoms with Crippen molar-refractivity contribution in [3.05, 3.63) is 63.8 Å². The Balaban J connectivity index is 2.29. The Morgan fingerprint density at radius 1 is 1.19 bits per heavy atom. The molecule has 0 fully saturated rings. The number of furan rings is 1. The van der Waals surface area contributed by atoms with Crippen LogP contribution in [0.2, 0.25) is 0 Å². The van der Waals surface area contributed by atoms with Gasteiger partial charge in [-0.15, -0.1) is 0 Å². The van der Waals surface area contributed by atoms with Crippen LogP contribution >= 0.6 is 0 Å². The maximum absolute atomic E-state index is 9.76.